The molecule has 1 aliphatic rings. The lowest BCUT2D eigenvalue weighted by Crippen LogP contribution is -2.37. The molecule has 4 aromatic rings. The molecule has 1 aromatic heterocycles. The number of morpholine rings is 1. The average Bonchev–Trinajstić information content (AvgIpc) is 2.89. The Bertz CT molecular complexity index is 1480. The van der Waals surface area contributed by atoms with Gasteiger partial charge in [-0.1, -0.05) is 42.5 Å². The second-order valence-corrected chi connectivity index (χ2v) is 10.2. The first-order valence-corrected chi connectivity index (χ1v) is 12.8. The van der Waals surface area contributed by atoms with Crippen LogP contribution in [0.25, 0.3) is 10.9 Å². The van der Waals surface area contributed by atoms with Gasteiger partial charge in [0, 0.05) is 18.5 Å². The van der Waals surface area contributed by atoms with Crippen molar-refractivity contribution in [3.05, 3.63) is 83.9 Å². The normalized spacial score (nSPS) is 14.5. The number of hydrogen-bond donors (Lipinski definition) is 1. The Balaban J connectivity index is 1.55. The molecule has 0 radical (unpaired) electrons. The lowest BCUT2D eigenvalue weighted by molar-refractivity contribution is 0.122. The van der Waals surface area contributed by atoms with Crippen LogP contribution in [-0.2, 0) is 14.6 Å². The summed E-state index contributed by atoms with van der Waals surface area (Å²) in [4.78, 5) is 11.8. The molecule has 1 fully saturated rings. The Labute approximate surface area is 204 Å². The summed E-state index contributed by atoms with van der Waals surface area (Å²) in [7, 11) is -3.69. The predicted molar refractivity (Wildman–Crippen MR) is 137 cm³/mol. The first-order valence-electron chi connectivity index (χ1n) is 11.3. The van der Waals surface area contributed by atoms with Crippen LogP contribution in [0.5, 0.6) is 0 Å². The van der Waals surface area contributed by atoms with Gasteiger partial charge in [-0.15, -0.1) is 0 Å². The van der Waals surface area contributed by atoms with Gasteiger partial charge in [0.25, 0.3) is 0 Å². The minimum atomic E-state index is -3.69. The van der Waals surface area contributed by atoms with Crippen LogP contribution in [-0.4, -0.2) is 50.9 Å². The van der Waals surface area contributed by atoms with Crippen LogP contribution in [0.3, 0.4) is 0 Å². The number of ether oxygens (including phenoxy) is 1. The summed E-state index contributed by atoms with van der Waals surface area (Å²) in [6.07, 6.45) is 1.69. The number of benzene rings is 3. The highest BCUT2D eigenvalue weighted by atomic mass is 32.2. The van der Waals surface area contributed by atoms with Gasteiger partial charge in [-0.3, -0.25) is 0 Å². The molecular formula is C26H25N5O3S. The van der Waals surface area contributed by atoms with Gasteiger partial charge in [-0.2, -0.15) is 10.1 Å². The van der Waals surface area contributed by atoms with Crippen molar-refractivity contribution in [1.82, 2.24) is 9.97 Å². The third-order valence-electron chi connectivity index (χ3n) is 5.75. The first-order chi connectivity index (χ1) is 17.0. The maximum Gasteiger partial charge on any atom is 0.246 e. The zero-order valence-corrected chi connectivity index (χ0v) is 20.1. The van der Waals surface area contributed by atoms with Crippen LogP contribution in [0.4, 0.5) is 11.8 Å². The van der Waals surface area contributed by atoms with Crippen LogP contribution < -0.4 is 10.3 Å². The number of aromatic nitrogens is 2. The molecule has 35 heavy (non-hydrogen) atoms. The zero-order chi connectivity index (χ0) is 24.3. The Kier molecular flexibility index (Phi) is 6.43. The highest BCUT2D eigenvalue weighted by molar-refractivity contribution is 7.91. The number of hydrogen-bond acceptors (Lipinski definition) is 8. The van der Waals surface area contributed by atoms with E-state index in [9.17, 15) is 8.42 Å². The van der Waals surface area contributed by atoms with Crippen molar-refractivity contribution < 1.29 is 13.2 Å². The molecule has 3 aromatic carbocycles. The molecule has 0 amide bonds. The predicted octanol–water partition coefficient (Wildman–Crippen LogP) is 4.05. The van der Waals surface area contributed by atoms with Crippen LogP contribution in [0, 0.1) is 6.92 Å². The van der Waals surface area contributed by atoms with E-state index in [4.69, 9.17) is 9.72 Å². The van der Waals surface area contributed by atoms with Gasteiger partial charge < -0.3 is 9.64 Å². The topological polar surface area (TPSA) is 96.8 Å². The molecule has 8 nitrogen and oxygen atoms in total. The Morgan fingerprint density at radius 2 is 1.71 bits per heavy atom. The maximum atomic E-state index is 13.4. The van der Waals surface area contributed by atoms with Crippen molar-refractivity contribution in [1.29, 1.82) is 0 Å². The molecule has 2 heterocycles. The Morgan fingerprint density at radius 3 is 2.49 bits per heavy atom. The SMILES string of the molecule is Cc1cccc(S(=O)(=O)c2ccc3nc(NN=Cc4ccccc4)nc(N4CCOCC4)c3c2)c1. The van der Waals surface area contributed by atoms with Crippen molar-refractivity contribution in [2.75, 3.05) is 36.6 Å². The van der Waals surface area contributed by atoms with E-state index in [0.29, 0.717) is 49.0 Å². The van der Waals surface area contributed by atoms with Gasteiger partial charge in [0.05, 0.1) is 34.7 Å². The van der Waals surface area contributed by atoms with E-state index in [2.05, 4.69) is 20.4 Å². The van der Waals surface area contributed by atoms with E-state index in [0.717, 1.165) is 11.1 Å². The van der Waals surface area contributed by atoms with Crippen molar-refractivity contribution >= 4 is 38.7 Å². The van der Waals surface area contributed by atoms with E-state index >= 15 is 0 Å². The summed E-state index contributed by atoms with van der Waals surface area (Å²) in [5, 5.41) is 4.94. The van der Waals surface area contributed by atoms with Crippen LogP contribution in [0.1, 0.15) is 11.1 Å². The van der Waals surface area contributed by atoms with Gasteiger partial charge >= 0.3 is 0 Å². The fraction of sp³-hybridized carbons (Fsp3) is 0.192. The van der Waals surface area contributed by atoms with Gasteiger partial charge in [-0.05, 0) is 48.4 Å². The number of rotatable bonds is 6. The summed E-state index contributed by atoms with van der Waals surface area (Å²) >= 11 is 0. The fourth-order valence-corrected chi connectivity index (χ4v) is 5.34. The number of nitrogens with one attached hydrogen (secondary N) is 1. The minimum absolute atomic E-state index is 0.205. The van der Waals surface area contributed by atoms with Crippen molar-refractivity contribution in [3.63, 3.8) is 0 Å². The van der Waals surface area contributed by atoms with Gasteiger partial charge in [0.15, 0.2) is 0 Å². The molecule has 1 N–H and O–H groups in total. The van der Waals surface area contributed by atoms with E-state index in [1.165, 1.54) is 0 Å². The number of aryl methyl sites for hydroxylation is 1. The second kappa shape index (κ2) is 9.81. The van der Waals surface area contributed by atoms with Crippen molar-refractivity contribution in [2.24, 2.45) is 5.10 Å². The second-order valence-electron chi connectivity index (χ2n) is 8.25. The van der Waals surface area contributed by atoms with Crippen molar-refractivity contribution in [3.8, 4) is 0 Å². The fourth-order valence-electron chi connectivity index (χ4n) is 3.95. The third kappa shape index (κ3) is 5.01. The Hall–Kier alpha value is -3.82. The molecular weight excluding hydrogens is 462 g/mol. The monoisotopic (exact) mass is 487 g/mol. The average molecular weight is 488 g/mol. The summed E-state index contributed by atoms with van der Waals surface area (Å²) in [5.41, 5.74) is 5.37. The number of sulfone groups is 1. The van der Waals surface area contributed by atoms with E-state index in [-0.39, 0.29) is 9.79 Å². The van der Waals surface area contributed by atoms with Gasteiger partial charge in [-0.25, -0.2) is 18.8 Å². The standard InChI is InChI=1S/C26H25N5O3S/c1-19-6-5-9-21(16-19)35(32,33)22-10-11-24-23(17-22)25(31-12-14-34-15-13-31)29-26(28-24)30-27-18-20-7-3-2-4-8-20/h2-11,16-18H,12-15H2,1H3,(H,28,29,30). The molecule has 0 saturated carbocycles. The summed E-state index contributed by atoms with van der Waals surface area (Å²) in [6.45, 7) is 4.31. The third-order valence-corrected chi connectivity index (χ3v) is 7.49. The van der Waals surface area contributed by atoms with E-state index < -0.39 is 9.84 Å². The van der Waals surface area contributed by atoms with Crippen LogP contribution in [0.2, 0.25) is 0 Å². The summed E-state index contributed by atoms with van der Waals surface area (Å²) in [5.74, 6) is 0.984. The highest BCUT2D eigenvalue weighted by Crippen LogP contribution is 2.31. The van der Waals surface area contributed by atoms with Crippen LogP contribution >= 0.6 is 0 Å². The van der Waals surface area contributed by atoms with Gasteiger partial charge in [0.2, 0.25) is 15.8 Å². The molecule has 0 atom stereocenters. The van der Waals surface area contributed by atoms with E-state index in [1.54, 1.807) is 42.6 Å². The van der Waals surface area contributed by atoms with Crippen LogP contribution in [0.15, 0.2) is 87.7 Å². The molecule has 9 heteroatoms. The molecule has 0 bridgehead atoms. The number of nitrogens with zero attached hydrogens (tertiary/aromatic N) is 4. The smallest absolute Gasteiger partial charge is 0.246 e. The zero-order valence-electron chi connectivity index (χ0n) is 19.3. The number of hydrazone groups is 1. The largest absolute Gasteiger partial charge is 0.378 e. The molecule has 0 spiro atoms. The molecule has 0 unspecified atom stereocenters. The molecule has 178 valence electrons. The number of anilines is 2. The molecule has 1 saturated heterocycles. The Morgan fingerprint density at radius 1 is 0.943 bits per heavy atom. The highest BCUT2D eigenvalue weighted by Gasteiger charge is 2.22. The minimum Gasteiger partial charge on any atom is -0.378 e. The number of fused-ring (bicyclic) bond motifs is 1. The maximum absolute atomic E-state index is 13.4. The van der Waals surface area contributed by atoms with Crippen molar-refractivity contribution in [2.45, 2.75) is 16.7 Å². The molecule has 1 aliphatic heterocycles. The first kappa shape index (κ1) is 22.9. The van der Waals surface area contributed by atoms with Gasteiger partial charge in [0.1, 0.15) is 5.82 Å². The quantitative estimate of drug-likeness (QED) is 0.324. The molecule has 0 aliphatic carbocycles. The summed E-state index contributed by atoms with van der Waals surface area (Å²) < 4.78 is 32.2. The lowest BCUT2D eigenvalue weighted by atomic mass is 10.2. The summed E-state index contributed by atoms with van der Waals surface area (Å²) in [6, 6.07) is 21.6. The van der Waals surface area contributed by atoms with E-state index in [1.807, 2.05) is 43.3 Å². The lowest BCUT2D eigenvalue weighted by Gasteiger charge is -2.29. The molecule has 5 rings (SSSR count).